The number of hydrogen-bond donors (Lipinski definition) is 0. The molecule has 0 unspecified atom stereocenters. The first kappa shape index (κ1) is 32.1. The lowest BCUT2D eigenvalue weighted by Gasteiger charge is -2.11. The molecule has 2 rings (SSSR count). The number of carbonyl (C=O) groups excluding carboxylic acids is 3. The molecule has 0 atom stereocenters. The van der Waals surface area contributed by atoms with Crippen LogP contribution in [0.3, 0.4) is 0 Å². The van der Waals surface area contributed by atoms with Gasteiger partial charge in [0.05, 0.1) is 25.9 Å². The minimum Gasteiger partial charge on any atom is -0.494 e. The fourth-order valence-electron chi connectivity index (χ4n) is 3.30. The van der Waals surface area contributed by atoms with Gasteiger partial charge in [-0.1, -0.05) is 12.6 Å². The smallest absolute Gasteiger partial charge is 0.343 e. The van der Waals surface area contributed by atoms with Gasteiger partial charge in [-0.15, -0.1) is 0 Å². The zero-order valence-corrected chi connectivity index (χ0v) is 23.8. The SMILES string of the molecule is C=C(C)C(=O)OCCCCCCOc1ccc(C(=O)Oc2ccc(C=CC(=O)OCCN(C)C)cc2OC)cc1. The van der Waals surface area contributed by atoms with Crippen LogP contribution in [0.1, 0.15) is 48.5 Å². The van der Waals surface area contributed by atoms with Crippen LogP contribution in [0.5, 0.6) is 17.2 Å². The molecule has 0 spiro atoms. The number of unbranched alkanes of at least 4 members (excludes halogenated alkanes) is 3. The quantitative estimate of drug-likeness (QED) is 0.115. The van der Waals surface area contributed by atoms with Crippen LogP contribution in [0.4, 0.5) is 0 Å². The molecule has 0 saturated carbocycles. The molecule has 0 fully saturated rings. The van der Waals surface area contributed by atoms with Crippen molar-refractivity contribution < 1.29 is 38.1 Å². The Kier molecular flexibility index (Phi) is 14.0. The summed E-state index contributed by atoms with van der Waals surface area (Å²) in [5.74, 6) is -0.0703. The van der Waals surface area contributed by atoms with Crippen molar-refractivity contribution in [2.45, 2.75) is 32.6 Å². The van der Waals surface area contributed by atoms with E-state index in [1.807, 2.05) is 19.0 Å². The molecule has 40 heavy (non-hydrogen) atoms. The van der Waals surface area contributed by atoms with Crippen molar-refractivity contribution in [3.8, 4) is 17.2 Å². The summed E-state index contributed by atoms with van der Waals surface area (Å²) in [5.41, 5.74) is 1.46. The van der Waals surface area contributed by atoms with Gasteiger partial charge in [0, 0.05) is 18.2 Å². The fraction of sp³-hybridized carbons (Fsp3) is 0.387. The molecule has 0 saturated heterocycles. The molecule has 0 N–H and O–H groups in total. The first-order valence-corrected chi connectivity index (χ1v) is 13.1. The normalized spacial score (nSPS) is 10.8. The van der Waals surface area contributed by atoms with Crippen molar-refractivity contribution in [2.24, 2.45) is 0 Å². The van der Waals surface area contributed by atoms with Crippen LogP contribution in [0.15, 0.2) is 60.7 Å². The average Bonchev–Trinajstić information content (AvgIpc) is 2.93. The number of ether oxygens (including phenoxy) is 5. The third-order valence-electron chi connectivity index (χ3n) is 5.56. The molecule has 0 aliphatic heterocycles. The van der Waals surface area contributed by atoms with Crippen molar-refractivity contribution in [1.29, 1.82) is 0 Å². The van der Waals surface area contributed by atoms with E-state index >= 15 is 0 Å². The summed E-state index contributed by atoms with van der Waals surface area (Å²) in [5, 5.41) is 0. The highest BCUT2D eigenvalue weighted by Gasteiger charge is 2.13. The summed E-state index contributed by atoms with van der Waals surface area (Å²) in [6.45, 7) is 7.06. The van der Waals surface area contributed by atoms with Crippen molar-refractivity contribution in [2.75, 3.05) is 47.6 Å². The number of hydrogen-bond acceptors (Lipinski definition) is 9. The summed E-state index contributed by atoms with van der Waals surface area (Å²) >= 11 is 0. The zero-order valence-electron chi connectivity index (χ0n) is 23.8. The number of likely N-dealkylation sites (N-methyl/N-ethyl adjacent to an activating group) is 1. The van der Waals surface area contributed by atoms with Gasteiger partial charge in [0.1, 0.15) is 12.4 Å². The summed E-state index contributed by atoms with van der Waals surface area (Å²) in [7, 11) is 5.27. The van der Waals surface area contributed by atoms with E-state index in [4.69, 9.17) is 23.7 Å². The van der Waals surface area contributed by atoms with E-state index < -0.39 is 11.9 Å². The number of esters is 3. The standard InChI is InChI=1S/C31H39NO8/c1-23(2)30(34)39-20-9-7-6-8-19-37-26-14-12-25(13-15-26)31(35)40-27-16-10-24(22-28(27)36-5)11-17-29(33)38-21-18-32(3)4/h10-17,22H,1,6-9,18-21H2,2-5H3. The van der Waals surface area contributed by atoms with Crippen molar-refractivity contribution >= 4 is 24.0 Å². The molecule has 9 heteroatoms. The van der Waals surface area contributed by atoms with Gasteiger partial charge < -0.3 is 28.6 Å². The Labute approximate surface area is 236 Å². The molecule has 0 radical (unpaired) electrons. The van der Waals surface area contributed by atoms with Gasteiger partial charge >= 0.3 is 17.9 Å². The molecule has 216 valence electrons. The molecular weight excluding hydrogens is 514 g/mol. The largest absolute Gasteiger partial charge is 0.494 e. The van der Waals surface area contributed by atoms with Gasteiger partial charge in [0.25, 0.3) is 0 Å². The zero-order chi connectivity index (χ0) is 29.3. The predicted octanol–water partition coefficient (Wildman–Crippen LogP) is 5.09. The van der Waals surface area contributed by atoms with E-state index in [2.05, 4.69) is 6.58 Å². The Morgan fingerprint density at radius 3 is 2.23 bits per heavy atom. The maximum absolute atomic E-state index is 12.7. The number of carbonyl (C=O) groups is 3. The van der Waals surface area contributed by atoms with E-state index in [1.165, 1.54) is 13.2 Å². The molecule has 9 nitrogen and oxygen atoms in total. The van der Waals surface area contributed by atoms with Crippen molar-refractivity contribution in [1.82, 2.24) is 4.90 Å². The first-order chi connectivity index (χ1) is 19.2. The van der Waals surface area contributed by atoms with Crippen LogP contribution >= 0.6 is 0 Å². The summed E-state index contributed by atoms with van der Waals surface area (Å²) in [4.78, 5) is 37.8. The molecule has 2 aromatic carbocycles. The van der Waals surface area contributed by atoms with E-state index in [0.717, 1.165) is 25.7 Å². The summed E-state index contributed by atoms with van der Waals surface area (Å²) in [6.07, 6.45) is 6.48. The second-order valence-electron chi connectivity index (χ2n) is 9.31. The lowest BCUT2D eigenvalue weighted by atomic mass is 10.2. The molecular formula is C31H39NO8. The van der Waals surface area contributed by atoms with Crippen LogP contribution in [-0.4, -0.2) is 70.4 Å². The van der Waals surface area contributed by atoms with Gasteiger partial charge in [0.2, 0.25) is 0 Å². The minimum absolute atomic E-state index is 0.257. The minimum atomic E-state index is -0.537. The monoisotopic (exact) mass is 553 g/mol. The van der Waals surface area contributed by atoms with Crippen LogP contribution in [-0.2, 0) is 19.1 Å². The van der Waals surface area contributed by atoms with E-state index in [1.54, 1.807) is 55.5 Å². The van der Waals surface area contributed by atoms with Crippen LogP contribution < -0.4 is 14.2 Å². The highest BCUT2D eigenvalue weighted by molar-refractivity contribution is 5.91. The molecule has 0 heterocycles. The van der Waals surface area contributed by atoms with E-state index in [-0.39, 0.29) is 11.7 Å². The third-order valence-corrected chi connectivity index (χ3v) is 5.56. The lowest BCUT2D eigenvalue weighted by molar-refractivity contribution is -0.139. The van der Waals surface area contributed by atoms with Gasteiger partial charge in [-0.05, 0) is 94.7 Å². The van der Waals surface area contributed by atoms with Gasteiger partial charge in [0.15, 0.2) is 11.5 Å². The predicted molar refractivity (Wildman–Crippen MR) is 153 cm³/mol. The van der Waals surface area contributed by atoms with Gasteiger partial charge in [-0.25, -0.2) is 14.4 Å². The molecule has 0 aliphatic carbocycles. The van der Waals surface area contributed by atoms with Crippen LogP contribution in [0, 0.1) is 0 Å². The highest BCUT2D eigenvalue weighted by Crippen LogP contribution is 2.29. The molecule has 0 aliphatic rings. The Morgan fingerprint density at radius 2 is 1.57 bits per heavy atom. The Bertz CT molecular complexity index is 1150. The first-order valence-electron chi connectivity index (χ1n) is 13.1. The van der Waals surface area contributed by atoms with E-state index in [9.17, 15) is 14.4 Å². The number of rotatable bonds is 17. The van der Waals surface area contributed by atoms with Crippen molar-refractivity contribution in [3.63, 3.8) is 0 Å². The fourth-order valence-corrected chi connectivity index (χ4v) is 3.30. The van der Waals surface area contributed by atoms with Crippen LogP contribution in [0.2, 0.25) is 0 Å². The summed E-state index contributed by atoms with van der Waals surface area (Å²) in [6, 6.07) is 11.7. The molecule has 0 amide bonds. The second-order valence-corrected chi connectivity index (χ2v) is 9.31. The molecule has 0 bridgehead atoms. The number of benzene rings is 2. The third kappa shape index (κ3) is 12.2. The van der Waals surface area contributed by atoms with Crippen molar-refractivity contribution in [3.05, 3.63) is 71.8 Å². The topological polar surface area (TPSA) is 101 Å². The summed E-state index contributed by atoms with van der Waals surface area (Å²) < 4.78 is 26.8. The maximum Gasteiger partial charge on any atom is 0.343 e. The Hall–Kier alpha value is -4.11. The highest BCUT2D eigenvalue weighted by atomic mass is 16.6. The van der Waals surface area contributed by atoms with Crippen LogP contribution in [0.25, 0.3) is 6.08 Å². The maximum atomic E-state index is 12.7. The lowest BCUT2D eigenvalue weighted by Crippen LogP contribution is -2.19. The number of methoxy groups -OCH3 is 1. The van der Waals surface area contributed by atoms with Gasteiger partial charge in [-0.3, -0.25) is 0 Å². The Balaban J connectivity index is 1.78. The molecule has 0 aromatic heterocycles. The number of nitrogens with zero attached hydrogens (tertiary/aromatic N) is 1. The average molecular weight is 554 g/mol. The van der Waals surface area contributed by atoms with E-state index in [0.29, 0.717) is 54.6 Å². The van der Waals surface area contributed by atoms with Gasteiger partial charge in [-0.2, -0.15) is 0 Å². The second kappa shape index (κ2) is 17.5. The molecule has 2 aromatic rings. The Morgan fingerprint density at radius 1 is 0.875 bits per heavy atom.